The molecule has 0 saturated carbocycles. The van der Waals surface area contributed by atoms with Crippen LogP contribution in [0.1, 0.15) is 50.4 Å². The topological polar surface area (TPSA) is 85.2 Å². The van der Waals surface area contributed by atoms with Crippen molar-refractivity contribution in [2.24, 2.45) is 0 Å². The highest BCUT2D eigenvalue weighted by Gasteiger charge is 2.28. The van der Waals surface area contributed by atoms with Gasteiger partial charge in [0.2, 0.25) is 0 Å². The van der Waals surface area contributed by atoms with E-state index in [0.29, 0.717) is 54.4 Å². The predicted molar refractivity (Wildman–Crippen MR) is 152 cm³/mol. The van der Waals surface area contributed by atoms with Crippen molar-refractivity contribution in [3.63, 3.8) is 0 Å². The molecule has 1 fully saturated rings. The van der Waals surface area contributed by atoms with Gasteiger partial charge in [0.15, 0.2) is 5.65 Å². The van der Waals surface area contributed by atoms with Crippen LogP contribution in [0.5, 0.6) is 0 Å². The van der Waals surface area contributed by atoms with Gasteiger partial charge in [-0.1, -0.05) is 26.0 Å². The van der Waals surface area contributed by atoms with Crippen molar-refractivity contribution in [1.29, 1.82) is 0 Å². The molecule has 1 aliphatic heterocycles. The highest BCUT2D eigenvalue weighted by molar-refractivity contribution is 5.90. The molecular formula is C30H34F2N6O2. The molecule has 0 bridgehead atoms. The zero-order valence-corrected chi connectivity index (χ0v) is 23.5. The minimum atomic E-state index is -0.710. The van der Waals surface area contributed by atoms with Crippen LogP contribution < -0.4 is 15.9 Å². The fourth-order valence-corrected chi connectivity index (χ4v) is 5.31. The minimum absolute atomic E-state index is 0.00948. The smallest absolute Gasteiger partial charge is 0.355 e. The second kappa shape index (κ2) is 11.4. The summed E-state index contributed by atoms with van der Waals surface area (Å²) in [5, 5.41) is 3.70. The molecule has 210 valence electrons. The van der Waals surface area contributed by atoms with E-state index in [0.717, 1.165) is 5.56 Å². The molecule has 10 heteroatoms. The zero-order valence-electron chi connectivity index (χ0n) is 23.5. The van der Waals surface area contributed by atoms with Crippen LogP contribution in [0.2, 0.25) is 0 Å². The van der Waals surface area contributed by atoms with Crippen LogP contribution >= 0.6 is 0 Å². The number of nitrogens with zero attached hydrogens (tertiary/aromatic N) is 5. The van der Waals surface area contributed by atoms with Crippen LogP contribution in [0.25, 0.3) is 28.0 Å². The third-order valence-corrected chi connectivity index (χ3v) is 7.30. The van der Waals surface area contributed by atoms with Gasteiger partial charge in [-0.3, -0.25) is 4.98 Å². The summed E-state index contributed by atoms with van der Waals surface area (Å²) >= 11 is 0. The van der Waals surface area contributed by atoms with Crippen LogP contribution in [0.3, 0.4) is 0 Å². The van der Waals surface area contributed by atoms with E-state index in [1.165, 1.54) is 16.7 Å². The number of aryl methyl sites for hydroxylation is 1. The molecule has 5 rings (SSSR count). The Morgan fingerprint density at radius 1 is 1.18 bits per heavy atom. The lowest BCUT2D eigenvalue weighted by Gasteiger charge is -2.35. The van der Waals surface area contributed by atoms with Gasteiger partial charge in [-0.25, -0.2) is 23.1 Å². The lowest BCUT2D eigenvalue weighted by molar-refractivity contribution is 0.134. The van der Waals surface area contributed by atoms with E-state index in [-0.39, 0.29) is 35.5 Å². The van der Waals surface area contributed by atoms with Gasteiger partial charge in [0.05, 0.1) is 23.4 Å². The molecule has 8 nitrogen and oxygen atoms in total. The number of benzene rings is 1. The molecular weight excluding hydrogens is 514 g/mol. The normalized spacial score (nSPS) is 15.8. The lowest BCUT2D eigenvalue weighted by atomic mass is 10.0. The first-order valence-corrected chi connectivity index (χ1v) is 13.6. The Bertz CT molecular complexity index is 1620. The third-order valence-electron chi connectivity index (χ3n) is 7.30. The van der Waals surface area contributed by atoms with Crippen molar-refractivity contribution < 1.29 is 13.5 Å². The number of pyridine rings is 2. The first-order chi connectivity index (χ1) is 19.2. The summed E-state index contributed by atoms with van der Waals surface area (Å²) in [6.45, 7) is 12.2. The quantitative estimate of drug-likeness (QED) is 0.352. The number of hydrogen-bond acceptors (Lipinski definition) is 7. The van der Waals surface area contributed by atoms with E-state index in [2.05, 4.69) is 15.3 Å². The van der Waals surface area contributed by atoms with E-state index in [1.54, 1.807) is 18.3 Å². The summed E-state index contributed by atoms with van der Waals surface area (Å²) < 4.78 is 38.3. The SMILES string of the molecule is CCOCc1cccc(F)c1-c1nc2c(cc1F)c(N1CCNC[C@@H]1C)nc(=O)n2-c1c(C)ccnc1C(C)C. The van der Waals surface area contributed by atoms with Crippen molar-refractivity contribution in [3.05, 3.63) is 75.5 Å². The van der Waals surface area contributed by atoms with Crippen molar-refractivity contribution in [2.45, 2.75) is 53.2 Å². The molecule has 4 aromatic rings. The second-order valence-corrected chi connectivity index (χ2v) is 10.4. The molecule has 1 aromatic carbocycles. The van der Waals surface area contributed by atoms with Crippen molar-refractivity contribution in [3.8, 4) is 16.9 Å². The van der Waals surface area contributed by atoms with Gasteiger partial charge in [-0.2, -0.15) is 4.98 Å². The van der Waals surface area contributed by atoms with Gasteiger partial charge in [0, 0.05) is 44.0 Å². The number of nitrogens with one attached hydrogen (secondary N) is 1. The largest absolute Gasteiger partial charge is 0.377 e. The number of piperazine rings is 1. The molecule has 0 aliphatic carbocycles. The van der Waals surface area contributed by atoms with Crippen molar-refractivity contribution in [2.75, 3.05) is 31.1 Å². The van der Waals surface area contributed by atoms with Crippen LogP contribution in [-0.4, -0.2) is 51.8 Å². The number of ether oxygens (including phenoxy) is 1. The molecule has 0 radical (unpaired) electrons. The molecule has 1 atom stereocenters. The molecule has 1 N–H and O–H groups in total. The molecule has 1 saturated heterocycles. The molecule has 4 heterocycles. The van der Waals surface area contributed by atoms with E-state index in [1.807, 2.05) is 45.6 Å². The van der Waals surface area contributed by atoms with Gasteiger partial charge < -0.3 is 15.0 Å². The summed E-state index contributed by atoms with van der Waals surface area (Å²) in [6.07, 6.45) is 1.70. The fraction of sp³-hybridized carbons (Fsp3) is 0.400. The van der Waals surface area contributed by atoms with Gasteiger partial charge in [-0.15, -0.1) is 0 Å². The summed E-state index contributed by atoms with van der Waals surface area (Å²) in [5.74, 6) is -0.992. The molecule has 0 amide bonds. The molecule has 1 aliphatic rings. The van der Waals surface area contributed by atoms with E-state index < -0.39 is 17.3 Å². The zero-order chi connectivity index (χ0) is 28.6. The van der Waals surface area contributed by atoms with Gasteiger partial charge in [0.25, 0.3) is 0 Å². The average Bonchev–Trinajstić information content (AvgIpc) is 2.92. The van der Waals surface area contributed by atoms with Crippen LogP contribution in [0.15, 0.2) is 41.3 Å². The number of fused-ring (bicyclic) bond motifs is 1. The maximum Gasteiger partial charge on any atom is 0.355 e. The number of aromatic nitrogens is 4. The summed E-state index contributed by atoms with van der Waals surface area (Å²) in [4.78, 5) is 29.7. The second-order valence-electron chi connectivity index (χ2n) is 10.4. The first-order valence-electron chi connectivity index (χ1n) is 13.6. The van der Waals surface area contributed by atoms with Crippen LogP contribution in [-0.2, 0) is 11.3 Å². The molecule has 0 unspecified atom stereocenters. The Morgan fingerprint density at radius 2 is 1.98 bits per heavy atom. The van der Waals surface area contributed by atoms with Gasteiger partial charge >= 0.3 is 5.69 Å². The van der Waals surface area contributed by atoms with E-state index in [9.17, 15) is 4.79 Å². The third kappa shape index (κ3) is 4.97. The van der Waals surface area contributed by atoms with Crippen molar-refractivity contribution in [1.82, 2.24) is 24.8 Å². The summed E-state index contributed by atoms with van der Waals surface area (Å²) in [5.41, 5.74) is 1.95. The summed E-state index contributed by atoms with van der Waals surface area (Å²) in [7, 11) is 0. The number of anilines is 1. The lowest BCUT2D eigenvalue weighted by Crippen LogP contribution is -2.50. The number of halogens is 2. The van der Waals surface area contributed by atoms with Gasteiger partial charge in [0.1, 0.15) is 23.1 Å². The number of rotatable bonds is 7. The Balaban J connectivity index is 1.89. The van der Waals surface area contributed by atoms with Crippen LogP contribution in [0, 0.1) is 18.6 Å². The highest BCUT2D eigenvalue weighted by Crippen LogP contribution is 2.35. The average molecular weight is 549 g/mol. The molecule has 40 heavy (non-hydrogen) atoms. The predicted octanol–water partition coefficient (Wildman–Crippen LogP) is 4.89. The monoisotopic (exact) mass is 548 g/mol. The fourth-order valence-electron chi connectivity index (χ4n) is 5.31. The van der Waals surface area contributed by atoms with E-state index in [4.69, 9.17) is 9.72 Å². The Labute approximate surface area is 232 Å². The maximum atomic E-state index is 16.0. The van der Waals surface area contributed by atoms with E-state index >= 15 is 8.78 Å². The summed E-state index contributed by atoms with van der Waals surface area (Å²) in [6, 6.07) is 7.67. The first kappa shape index (κ1) is 27.8. The van der Waals surface area contributed by atoms with Crippen LogP contribution in [0.4, 0.5) is 14.6 Å². The standard InChI is InChI=1S/C30H34F2N6O2/c1-6-40-16-20-8-7-9-22(31)24(20)26-23(32)14-21-28(37-13-12-33-15-19(37)5)36-30(39)38(29(21)35-26)27-18(4)10-11-34-25(27)17(2)3/h7-11,14,17,19,33H,6,12-13,15-16H2,1-5H3/t19-/m0/s1. The van der Waals surface area contributed by atoms with Crippen molar-refractivity contribution >= 4 is 16.9 Å². The molecule has 3 aromatic heterocycles. The Hall–Kier alpha value is -3.76. The molecule has 0 spiro atoms. The van der Waals surface area contributed by atoms with Gasteiger partial charge in [-0.05, 0) is 56.0 Å². The Kier molecular flexibility index (Phi) is 7.91. The maximum absolute atomic E-state index is 16.0. The number of hydrogen-bond donors (Lipinski definition) is 1. The minimum Gasteiger partial charge on any atom is -0.377 e. The highest BCUT2D eigenvalue weighted by atomic mass is 19.1. The Morgan fingerprint density at radius 3 is 2.70 bits per heavy atom.